The fourth-order valence-electron chi connectivity index (χ4n) is 3.92. The molecule has 0 unspecified atom stereocenters. The van der Waals surface area contributed by atoms with Crippen LogP contribution in [-0.4, -0.2) is 54.3 Å². The van der Waals surface area contributed by atoms with Crippen LogP contribution in [0.15, 0.2) is 71.6 Å². The summed E-state index contributed by atoms with van der Waals surface area (Å²) in [4.78, 5) is -0.245. The van der Waals surface area contributed by atoms with Gasteiger partial charge in [0.1, 0.15) is 35.4 Å². The maximum Gasteiger partial charge on any atom is 0.244 e. The molecule has 3 aromatic carbocycles. The fraction of sp³-hybridized carbons (Fsp3) is 0.200. The van der Waals surface area contributed by atoms with E-state index < -0.39 is 40.7 Å². The van der Waals surface area contributed by atoms with Crippen LogP contribution in [0, 0.1) is 28.5 Å². The third kappa shape index (κ3) is 4.61. The van der Waals surface area contributed by atoms with Crippen LogP contribution >= 0.6 is 0 Å². The van der Waals surface area contributed by atoms with E-state index >= 15 is 0 Å². The minimum Gasteiger partial charge on any atom is -0.486 e. The summed E-state index contributed by atoms with van der Waals surface area (Å²) in [6.45, 7) is -1.67. The number of halogens is 1. The van der Waals surface area contributed by atoms with E-state index in [9.17, 15) is 28.3 Å². The molecule has 0 saturated carbocycles. The second-order valence-electron chi connectivity index (χ2n) is 8.11. The first kappa shape index (κ1) is 24.3. The highest BCUT2D eigenvalue weighted by Gasteiger charge is 2.51. The van der Waals surface area contributed by atoms with Gasteiger partial charge in [-0.3, -0.25) is 0 Å². The summed E-state index contributed by atoms with van der Waals surface area (Å²) >= 11 is 0. The molecule has 35 heavy (non-hydrogen) atoms. The molecule has 0 aliphatic carbocycles. The number of β-amino-alcohol motifs (C(OH)–C–C–N with tert-alkyl or cyclic N) is 1. The second-order valence-corrected chi connectivity index (χ2v) is 10.0. The molecule has 1 fully saturated rings. The van der Waals surface area contributed by atoms with Crippen LogP contribution < -0.4 is 4.74 Å². The molecule has 1 aliphatic rings. The molecule has 1 heterocycles. The van der Waals surface area contributed by atoms with E-state index in [4.69, 9.17) is 10.00 Å². The predicted molar refractivity (Wildman–Crippen MR) is 123 cm³/mol. The molecule has 178 valence electrons. The number of nitriles is 2. The Morgan fingerprint density at radius 3 is 2.37 bits per heavy atom. The standard InChI is InChI=1S/C25H20FN3O5S/c26-22-11-21(8-6-19(22)12-27)34-24-14-29(15-25(24,31)16-30)35(32,33)23-9-7-18(10-20(23)13-28)17-4-2-1-3-5-17/h1-11,24,30-31H,14-16H2/t24-,25+/m0/s1. The third-order valence-electron chi connectivity index (χ3n) is 5.86. The van der Waals surface area contributed by atoms with Crippen molar-refractivity contribution in [3.05, 3.63) is 83.7 Å². The van der Waals surface area contributed by atoms with Crippen LogP contribution in [0.1, 0.15) is 11.1 Å². The van der Waals surface area contributed by atoms with Crippen molar-refractivity contribution in [1.82, 2.24) is 4.31 Å². The number of nitrogens with zero attached hydrogens (tertiary/aromatic N) is 3. The van der Waals surface area contributed by atoms with Gasteiger partial charge >= 0.3 is 0 Å². The van der Waals surface area contributed by atoms with E-state index in [0.717, 1.165) is 15.9 Å². The Morgan fingerprint density at radius 2 is 1.74 bits per heavy atom. The number of benzene rings is 3. The van der Waals surface area contributed by atoms with Crippen LogP contribution in [0.25, 0.3) is 11.1 Å². The number of ether oxygens (including phenoxy) is 1. The average Bonchev–Trinajstić information content (AvgIpc) is 3.21. The van der Waals surface area contributed by atoms with E-state index in [-0.39, 0.29) is 28.3 Å². The molecule has 0 amide bonds. The lowest BCUT2D eigenvalue weighted by Gasteiger charge is -2.27. The summed E-state index contributed by atoms with van der Waals surface area (Å²) in [5, 5.41) is 39.2. The number of sulfonamides is 1. The SMILES string of the molecule is N#Cc1ccc(O[C@H]2CN(S(=O)(=O)c3ccc(-c4ccccc4)cc3C#N)C[C@@]2(O)CO)cc1F. The largest absolute Gasteiger partial charge is 0.486 e. The van der Waals surface area contributed by atoms with E-state index in [2.05, 4.69) is 0 Å². The van der Waals surface area contributed by atoms with Crippen LogP contribution in [0.4, 0.5) is 4.39 Å². The molecule has 0 spiro atoms. The van der Waals surface area contributed by atoms with Crippen molar-refractivity contribution in [3.8, 4) is 29.0 Å². The highest BCUT2D eigenvalue weighted by atomic mass is 32.2. The molecule has 0 bridgehead atoms. The van der Waals surface area contributed by atoms with Gasteiger partial charge in [0.25, 0.3) is 0 Å². The van der Waals surface area contributed by atoms with Gasteiger partial charge in [0, 0.05) is 12.6 Å². The van der Waals surface area contributed by atoms with Gasteiger partial charge in [0.05, 0.1) is 29.2 Å². The number of aliphatic hydroxyl groups is 2. The van der Waals surface area contributed by atoms with E-state index in [1.165, 1.54) is 24.3 Å². The number of aliphatic hydroxyl groups excluding tert-OH is 1. The van der Waals surface area contributed by atoms with Crippen molar-refractivity contribution in [3.63, 3.8) is 0 Å². The smallest absolute Gasteiger partial charge is 0.244 e. The van der Waals surface area contributed by atoms with Gasteiger partial charge in [-0.25, -0.2) is 12.8 Å². The van der Waals surface area contributed by atoms with Crippen molar-refractivity contribution in [2.75, 3.05) is 19.7 Å². The summed E-state index contributed by atoms with van der Waals surface area (Å²) in [6.07, 6.45) is -1.23. The Balaban J connectivity index is 1.64. The molecule has 1 aliphatic heterocycles. The number of hydrogen-bond donors (Lipinski definition) is 2. The molecule has 2 atom stereocenters. The van der Waals surface area contributed by atoms with Gasteiger partial charge in [0.2, 0.25) is 10.0 Å². The lowest BCUT2D eigenvalue weighted by atomic mass is 10.0. The van der Waals surface area contributed by atoms with Crippen molar-refractivity contribution in [2.24, 2.45) is 0 Å². The van der Waals surface area contributed by atoms with Gasteiger partial charge in [-0.05, 0) is 35.4 Å². The molecule has 1 saturated heterocycles. The molecule has 10 heteroatoms. The molecular formula is C25H20FN3O5S. The molecule has 4 rings (SSSR count). The summed E-state index contributed by atoms with van der Waals surface area (Å²) in [7, 11) is -4.26. The Kier molecular flexibility index (Phi) is 6.57. The number of rotatable bonds is 6. The lowest BCUT2D eigenvalue weighted by Crippen LogP contribution is -2.48. The summed E-state index contributed by atoms with van der Waals surface area (Å²) in [5.41, 5.74) is -0.773. The minimum atomic E-state index is -4.26. The maximum absolute atomic E-state index is 14.0. The Bertz CT molecular complexity index is 1450. The quantitative estimate of drug-likeness (QED) is 0.538. The number of hydrogen-bond acceptors (Lipinski definition) is 7. The first-order valence-corrected chi connectivity index (χ1v) is 11.9. The Hall–Kier alpha value is -3.80. The highest BCUT2D eigenvalue weighted by molar-refractivity contribution is 7.89. The molecule has 0 radical (unpaired) electrons. The Labute approximate surface area is 201 Å². The summed E-state index contributed by atoms with van der Waals surface area (Å²) in [6, 6.07) is 20.6. The van der Waals surface area contributed by atoms with Gasteiger partial charge < -0.3 is 14.9 Å². The second kappa shape index (κ2) is 9.45. The zero-order valence-electron chi connectivity index (χ0n) is 18.3. The fourth-order valence-corrected chi connectivity index (χ4v) is 5.55. The highest BCUT2D eigenvalue weighted by Crippen LogP contribution is 2.33. The average molecular weight is 494 g/mol. The maximum atomic E-state index is 14.0. The lowest BCUT2D eigenvalue weighted by molar-refractivity contribution is -0.0641. The predicted octanol–water partition coefficient (Wildman–Crippen LogP) is 2.41. The van der Waals surface area contributed by atoms with Crippen LogP contribution in [0.5, 0.6) is 5.75 Å². The first-order valence-electron chi connectivity index (χ1n) is 10.5. The zero-order valence-corrected chi connectivity index (χ0v) is 19.1. The first-order chi connectivity index (χ1) is 16.7. The summed E-state index contributed by atoms with van der Waals surface area (Å²) < 4.78 is 47.4. The van der Waals surface area contributed by atoms with Crippen molar-refractivity contribution >= 4 is 10.0 Å². The van der Waals surface area contributed by atoms with Gasteiger partial charge in [-0.2, -0.15) is 14.8 Å². The molecule has 8 nitrogen and oxygen atoms in total. The Morgan fingerprint density at radius 1 is 1.03 bits per heavy atom. The van der Waals surface area contributed by atoms with Crippen molar-refractivity contribution in [1.29, 1.82) is 10.5 Å². The van der Waals surface area contributed by atoms with Crippen LogP contribution in [-0.2, 0) is 10.0 Å². The van der Waals surface area contributed by atoms with Gasteiger partial charge in [0.15, 0.2) is 0 Å². The zero-order chi connectivity index (χ0) is 25.2. The van der Waals surface area contributed by atoms with E-state index in [0.29, 0.717) is 5.56 Å². The molecule has 3 aromatic rings. The minimum absolute atomic E-state index is 0.0393. The van der Waals surface area contributed by atoms with Crippen molar-refractivity contribution < 1.29 is 27.8 Å². The van der Waals surface area contributed by atoms with Crippen LogP contribution in [0.3, 0.4) is 0 Å². The van der Waals surface area contributed by atoms with Gasteiger partial charge in [-0.15, -0.1) is 0 Å². The molecular weight excluding hydrogens is 473 g/mol. The van der Waals surface area contributed by atoms with Crippen molar-refractivity contribution in [2.45, 2.75) is 16.6 Å². The summed E-state index contributed by atoms with van der Waals surface area (Å²) in [5.74, 6) is -0.875. The van der Waals surface area contributed by atoms with E-state index in [1.807, 2.05) is 36.4 Å². The molecule has 0 aromatic heterocycles. The van der Waals surface area contributed by atoms with E-state index in [1.54, 1.807) is 12.1 Å². The van der Waals surface area contributed by atoms with Gasteiger partial charge in [-0.1, -0.05) is 36.4 Å². The molecule has 2 N–H and O–H groups in total. The normalized spacial score (nSPS) is 20.2. The third-order valence-corrected chi connectivity index (χ3v) is 7.73. The topological polar surface area (TPSA) is 135 Å². The monoisotopic (exact) mass is 493 g/mol. The van der Waals surface area contributed by atoms with Crippen LogP contribution in [0.2, 0.25) is 0 Å².